The number of hydrogen-bond donors (Lipinski definition) is 4. The lowest BCUT2D eigenvalue weighted by Crippen LogP contribution is -2.43. The molecule has 0 aliphatic rings. The topological polar surface area (TPSA) is 136 Å². The Morgan fingerprint density at radius 1 is 1.12 bits per heavy atom. The smallest absolute Gasteiger partial charge is 0.321 e. The number of rotatable bonds is 5. The summed E-state index contributed by atoms with van der Waals surface area (Å²) in [6.45, 7) is 0. The lowest BCUT2D eigenvalue weighted by molar-refractivity contribution is -0.149. The van der Waals surface area contributed by atoms with Gasteiger partial charge in [0.2, 0.25) is 0 Å². The van der Waals surface area contributed by atoms with Crippen LogP contribution in [0.1, 0.15) is 5.56 Å². The van der Waals surface area contributed by atoms with Gasteiger partial charge in [-0.05, 0) is 12.0 Å². The van der Waals surface area contributed by atoms with Gasteiger partial charge >= 0.3 is 11.9 Å². The average Bonchev–Trinajstić information content (AvgIpc) is 2.26. The number of carbonyl (C=O) groups is 2. The molecular formula is C11H16N2O4. The van der Waals surface area contributed by atoms with E-state index in [1.165, 1.54) is 0 Å². The minimum Gasteiger partial charge on any atom is -0.481 e. The minimum absolute atomic E-state index is 0. The lowest BCUT2D eigenvalue weighted by Gasteiger charge is -2.16. The van der Waals surface area contributed by atoms with Crippen molar-refractivity contribution >= 4 is 11.9 Å². The molecule has 0 fully saturated rings. The molecule has 0 radical (unpaired) electrons. The van der Waals surface area contributed by atoms with E-state index in [4.69, 9.17) is 15.9 Å². The Balaban J connectivity index is 0.00000256. The first kappa shape index (κ1) is 15.1. The molecule has 0 amide bonds. The molecule has 1 rings (SSSR count). The van der Waals surface area contributed by atoms with Crippen LogP contribution >= 0.6 is 0 Å². The van der Waals surface area contributed by atoms with E-state index in [0.717, 1.165) is 5.56 Å². The van der Waals surface area contributed by atoms with Gasteiger partial charge in [-0.15, -0.1) is 0 Å². The maximum Gasteiger partial charge on any atom is 0.321 e. The first-order valence-corrected chi connectivity index (χ1v) is 4.77. The molecule has 1 aromatic carbocycles. The summed E-state index contributed by atoms with van der Waals surface area (Å²) < 4.78 is 0. The van der Waals surface area contributed by atoms with Crippen molar-refractivity contribution in [2.75, 3.05) is 0 Å². The quantitative estimate of drug-likeness (QED) is 0.591. The molecule has 0 saturated heterocycles. The highest BCUT2D eigenvalue weighted by atomic mass is 16.4. The number of hydrogen-bond acceptors (Lipinski definition) is 4. The molecule has 94 valence electrons. The van der Waals surface area contributed by atoms with E-state index in [1.54, 1.807) is 30.3 Å². The molecule has 0 bridgehead atoms. The van der Waals surface area contributed by atoms with E-state index in [-0.39, 0.29) is 12.6 Å². The van der Waals surface area contributed by atoms with Crippen LogP contribution in [0.5, 0.6) is 0 Å². The molecule has 7 N–H and O–H groups in total. The van der Waals surface area contributed by atoms with Gasteiger partial charge < -0.3 is 22.1 Å². The predicted octanol–water partition coefficient (Wildman–Crippen LogP) is 0.504. The van der Waals surface area contributed by atoms with Crippen molar-refractivity contribution in [2.24, 2.45) is 11.7 Å². The summed E-state index contributed by atoms with van der Waals surface area (Å²) in [4.78, 5) is 21.6. The minimum atomic E-state index is -1.39. The fourth-order valence-electron chi connectivity index (χ4n) is 1.41. The molecule has 6 heteroatoms. The van der Waals surface area contributed by atoms with Crippen molar-refractivity contribution in [1.29, 1.82) is 0 Å². The van der Waals surface area contributed by atoms with Crippen LogP contribution in [-0.4, -0.2) is 28.2 Å². The molecule has 6 nitrogen and oxygen atoms in total. The molecular weight excluding hydrogens is 224 g/mol. The van der Waals surface area contributed by atoms with Gasteiger partial charge in [0.1, 0.15) is 6.04 Å². The van der Waals surface area contributed by atoms with Gasteiger partial charge in [-0.1, -0.05) is 30.3 Å². The normalized spacial score (nSPS) is 13.2. The molecule has 0 aliphatic carbocycles. The van der Waals surface area contributed by atoms with Crippen molar-refractivity contribution in [2.45, 2.75) is 12.5 Å². The number of benzene rings is 1. The van der Waals surface area contributed by atoms with Crippen LogP contribution in [0, 0.1) is 5.92 Å². The summed E-state index contributed by atoms with van der Waals surface area (Å²) in [6, 6.07) is 7.42. The van der Waals surface area contributed by atoms with Crippen LogP contribution in [0.3, 0.4) is 0 Å². The van der Waals surface area contributed by atoms with E-state index in [9.17, 15) is 9.59 Å². The summed E-state index contributed by atoms with van der Waals surface area (Å²) in [5.41, 5.74) is 6.09. The summed E-state index contributed by atoms with van der Waals surface area (Å²) in [6.07, 6.45) is 0.115. The largest absolute Gasteiger partial charge is 0.481 e. The molecule has 0 spiro atoms. The Hall–Kier alpha value is -1.92. The summed E-state index contributed by atoms with van der Waals surface area (Å²) in [5, 5.41) is 17.6. The Labute approximate surface area is 98.6 Å². The molecule has 17 heavy (non-hydrogen) atoms. The van der Waals surface area contributed by atoms with Crippen molar-refractivity contribution in [1.82, 2.24) is 6.15 Å². The summed E-state index contributed by atoms with van der Waals surface area (Å²) in [7, 11) is 0. The highest BCUT2D eigenvalue weighted by molar-refractivity contribution is 5.82. The van der Waals surface area contributed by atoms with Gasteiger partial charge in [0.25, 0.3) is 0 Å². The zero-order valence-electron chi connectivity index (χ0n) is 9.24. The first-order valence-electron chi connectivity index (χ1n) is 4.77. The first-order chi connectivity index (χ1) is 7.52. The van der Waals surface area contributed by atoms with Gasteiger partial charge in [0.15, 0.2) is 0 Å². The highest BCUT2D eigenvalue weighted by Gasteiger charge is 2.30. The average molecular weight is 240 g/mol. The Morgan fingerprint density at radius 3 is 2.06 bits per heavy atom. The number of aliphatic carboxylic acids is 2. The van der Waals surface area contributed by atoms with Gasteiger partial charge in [0.05, 0.1) is 5.92 Å². The maximum absolute atomic E-state index is 10.9. The van der Waals surface area contributed by atoms with Gasteiger partial charge in [-0.3, -0.25) is 9.59 Å². The SMILES string of the molecule is N.N[C@H](C(=O)O)[C@H](Cc1ccccc1)C(=O)O. The second kappa shape index (κ2) is 6.62. The second-order valence-corrected chi connectivity index (χ2v) is 3.50. The zero-order chi connectivity index (χ0) is 12.1. The summed E-state index contributed by atoms with van der Waals surface area (Å²) >= 11 is 0. The molecule has 2 atom stereocenters. The zero-order valence-corrected chi connectivity index (χ0v) is 9.24. The monoisotopic (exact) mass is 240 g/mol. The van der Waals surface area contributed by atoms with E-state index < -0.39 is 23.9 Å². The van der Waals surface area contributed by atoms with Crippen LogP contribution in [0.2, 0.25) is 0 Å². The predicted molar refractivity (Wildman–Crippen MR) is 61.9 cm³/mol. The van der Waals surface area contributed by atoms with Crippen molar-refractivity contribution in [3.05, 3.63) is 35.9 Å². The van der Waals surface area contributed by atoms with E-state index >= 15 is 0 Å². The maximum atomic E-state index is 10.9. The Morgan fingerprint density at radius 2 is 1.65 bits per heavy atom. The van der Waals surface area contributed by atoms with Crippen LogP contribution in [0.25, 0.3) is 0 Å². The third kappa shape index (κ3) is 4.21. The van der Waals surface area contributed by atoms with Crippen molar-refractivity contribution < 1.29 is 19.8 Å². The van der Waals surface area contributed by atoms with E-state index in [2.05, 4.69) is 0 Å². The number of nitrogens with two attached hydrogens (primary N) is 1. The standard InChI is InChI=1S/C11H13NO4.H3N/c12-9(11(15)16)8(10(13)14)6-7-4-2-1-3-5-7;/h1-5,8-9H,6,12H2,(H,13,14)(H,15,16);1H3/t8-,9-;/m0./s1. The molecule has 0 heterocycles. The summed E-state index contributed by atoms with van der Waals surface area (Å²) in [5.74, 6) is -3.61. The Kier molecular flexibility index (Phi) is 5.87. The van der Waals surface area contributed by atoms with Crippen molar-refractivity contribution in [3.63, 3.8) is 0 Å². The Bertz CT molecular complexity index is 380. The van der Waals surface area contributed by atoms with E-state index in [0.29, 0.717) is 0 Å². The third-order valence-electron chi connectivity index (χ3n) is 2.33. The van der Waals surface area contributed by atoms with Crippen LogP contribution in [0.15, 0.2) is 30.3 Å². The molecule has 1 aromatic rings. The fraction of sp³-hybridized carbons (Fsp3) is 0.273. The van der Waals surface area contributed by atoms with Crippen molar-refractivity contribution in [3.8, 4) is 0 Å². The van der Waals surface area contributed by atoms with Gasteiger partial charge in [0, 0.05) is 0 Å². The molecule has 0 unspecified atom stereocenters. The van der Waals surface area contributed by atoms with Crippen LogP contribution in [0.4, 0.5) is 0 Å². The van der Waals surface area contributed by atoms with Crippen LogP contribution < -0.4 is 11.9 Å². The van der Waals surface area contributed by atoms with Gasteiger partial charge in [-0.25, -0.2) is 0 Å². The fourth-order valence-corrected chi connectivity index (χ4v) is 1.41. The van der Waals surface area contributed by atoms with E-state index in [1.807, 2.05) is 0 Å². The molecule has 0 aliphatic heterocycles. The van der Waals surface area contributed by atoms with Crippen LogP contribution in [-0.2, 0) is 16.0 Å². The second-order valence-electron chi connectivity index (χ2n) is 3.50. The van der Waals surface area contributed by atoms with Gasteiger partial charge in [-0.2, -0.15) is 0 Å². The molecule has 0 aromatic heterocycles. The lowest BCUT2D eigenvalue weighted by atomic mass is 9.93. The number of carboxylic acid groups (broad SMARTS) is 2. The number of carboxylic acids is 2. The highest BCUT2D eigenvalue weighted by Crippen LogP contribution is 2.12. The third-order valence-corrected chi connectivity index (χ3v) is 2.33. The molecule has 0 saturated carbocycles.